The zero-order chi connectivity index (χ0) is 13.8. The number of aromatic hydroxyl groups is 1. The molecule has 104 valence electrons. The van der Waals surface area contributed by atoms with Gasteiger partial charge in [-0.2, -0.15) is 0 Å². The number of nitrogens with zero attached hydrogens (tertiary/aromatic N) is 1. The lowest BCUT2D eigenvalue weighted by Gasteiger charge is -2.31. The van der Waals surface area contributed by atoms with E-state index in [1.54, 1.807) is 6.07 Å². The molecule has 1 aromatic rings. The molecular weight excluding hydrogens is 242 g/mol. The van der Waals surface area contributed by atoms with Crippen molar-refractivity contribution in [1.29, 1.82) is 0 Å². The number of benzene rings is 1. The molecule has 0 bridgehead atoms. The molecule has 4 nitrogen and oxygen atoms in total. The highest BCUT2D eigenvalue weighted by molar-refractivity contribution is 5.67. The molecule has 0 atom stereocenters. The predicted molar refractivity (Wildman–Crippen MR) is 73.1 cm³/mol. The summed E-state index contributed by atoms with van der Waals surface area (Å²) in [7, 11) is 0. The molecule has 0 aliphatic carbocycles. The van der Waals surface area contributed by atoms with E-state index in [2.05, 4.69) is 4.90 Å². The van der Waals surface area contributed by atoms with Crippen molar-refractivity contribution < 1.29 is 15.0 Å². The minimum Gasteiger partial charge on any atom is -0.508 e. The molecule has 2 rings (SSSR count). The summed E-state index contributed by atoms with van der Waals surface area (Å²) in [6.07, 6.45) is 2.14. The molecule has 19 heavy (non-hydrogen) atoms. The van der Waals surface area contributed by atoms with E-state index < -0.39 is 5.97 Å². The van der Waals surface area contributed by atoms with E-state index >= 15 is 0 Å². The van der Waals surface area contributed by atoms with Gasteiger partial charge in [0.2, 0.25) is 0 Å². The summed E-state index contributed by atoms with van der Waals surface area (Å²) in [5.41, 5.74) is 2.10. The van der Waals surface area contributed by atoms with E-state index in [9.17, 15) is 9.90 Å². The molecule has 0 saturated carbocycles. The van der Waals surface area contributed by atoms with Crippen LogP contribution in [0.15, 0.2) is 18.2 Å². The number of aryl methyl sites for hydroxylation is 1. The number of phenolic OH excluding ortho intramolecular Hbond substituents is 1. The first-order valence-electron chi connectivity index (χ1n) is 6.77. The first kappa shape index (κ1) is 13.9. The molecule has 1 heterocycles. The normalized spacial score (nSPS) is 17.5. The standard InChI is InChI=1S/C15H21NO3/c1-11-2-3-14(17)13(8-11)10-16-6-4-12(5-7-16)9-15(18)19/h2-3,8,12,17H,4-7,9-10H2,1H3,(H,18,19). The van der Waals surface area contributed by atoms with Crippen LogP contribution < -0.4 is 0 Å². The third-order valence-electron chi connectivity index (χ3n) is 3.80. The number of aliphatic carboxylic acids is 1. The number of carboxylic acids is 1. The topological polar surface area (TPSA) is 60.8 Å². The number of hydrogen-bond acceptors (Lipinski definition) is 3. The maximum absolute atomic E-state index is 10.7. The molecule has 0 unspecified atom stereocenters. The van der Waals surface area contributed by atoms with Crippen LogP contribution in [0, 0.1) is 12.8 Å². The van der Waals surface area contributed by atoms with Gasteiger partial charge in [0.15, 0.2) is 0 Å². The Kier molecular flexibility index (Phi) is 4.43. The third-order valence-corrected chi connectivity index (χ3v) is 3.80. The minimum atomic E-state index is -0.699. The van der Waals surface area contributed by atoms with Crippen molar-refractivity contribution in [2.24, 2.45) is 5.92 Å². The van der Waals surface area contributed by atoms with Gasteiger partial charge < -0.3 is 10.2 Å². The van der Waals surface area contributed by atoms with Crippen molar-refractivity contribution in [3.05, 3.63) is 29.3 Å². The van der Waals surface area contributed by atoms with Gasteiger partial charge in [-0.15, -0.1) is 0 Å². The largest absolute Gasteiger partial charge is 0.508 e. The summed E-state index contributed by atoms with van der Waals surface area (Å²) in [5, 5.41) is 18.6. The van der Waals surface area contributed by atoms with Crippen molar-refractivity contribution in [2.45, 2.75) is 32.7 Å². The Morgan fingerprint density at radius 2 is 2.05 bits per heavy atom. The summed E-state index contributed by atoms with van der Waals surface area (Å²) in [6, 6.07) is 5.65. The number of phenols is 1. The van der Waals surface area contributed by atoms with E-state index in [0.717, 1.165) is 43.6 Å². The molecule has 2 N–H and O–H groups in total. The molecule has 0 aromatic heterocycles. The smallest absolute Gasteiger partial charge is 0.303 e. The quantitative estimate of drug-likeness (QED) is 0.875. The van der Waals surface area contributed by atoms with Crippen LogP contribution >= 0.6 is 0 Å². The Bertz CT molecular complexity index is 451. The summed E-state index contributed by atoms with van der Waals surface area (Å²) in [4.78, 5) is 13.0. The molecule has 0 amide bonds. The summed E-state index contributed by atoms with van der Waals surface area (Å²) in [5.74, 6) is -0.0482. The molecular formula is C15H21NO3. The SMILES string of the molecule is Cc1ccc(O)c(CN2CCC(CC(=O)O)CC2)c1. The fourth-order valence-electron chi connectivity index (χ4n) is 2.68. The van der Waals surface area contributed by atoms with Crippen molar-refractivity contribution in [3.8, 4) is 5.75 Å². The van der Waals surface area contributed by atoms with Crippen LogP contribution in [0.3, 0.4) is 0 Å². The van der Waals surface area contributed by atoms with Crippen LogP contribution in [-0.4, -0.2) is 34.2 Å². The van der Waals surface area contributed by atoms with Gasteiger partial charge in [-0.3, -0.25) is 9.69 Å². The number of piperidine rings is 1. The number of hydrogen-bond donors (Lipinski definition) is 2. The van der Waals surface area contributed by atoms with Crippen LogP contribution in [0.2, 0.25) is 0 Å². The minimum absolute atomic E-state index is 0.281. The number of carboxylic acid groups (broad SMARTS) is 1. The fraction of sp³-hybridized carbons (Fsp3) is 0.533. The lowest BCUT2D eigenvalue weighted by Crippen LogP contribution is -2.33. The fourth-order valence-corrected chi connectivity index (χ4v) is 2.68. The van der Waals surface area contributed by atoms with Gasteiger partial charge in [0.05, 0.1) is 0 Å². The Labute approximate surface area is 113 Å². The Balaban J connectivity index is 1.88. The molecule has 1 aliphatic heterocycles. The van der Waals surface area contributed by atoms with Crippen molar-refractivity contribution in [3.63, 3.8) is 0 Å². The van der Waals surface area contributed by atoms with Crippen LogP contribution in [0.1, 0.15) is 30.4 Å². The lowest BCUT2D eigenvalue weighted by molar-refractivity contribution is -0.138. The first-order chi connectivity index (χ1) is 9.04. The van der Waals surface area contributed by atoms with Crippen LogP contribution in [0.5, 0.6) is 5.75 Å². The van der Waals surface area contributed by atoms with Crippen LogP contribution in [0.25, 0.3) is 0 Å². The highest BCUT2D eigenvalue weighted by atomic mass is 16.4. The van der Waals surface area contributed by atoms with E-state index in [1.807, 2.05) is 19.1 Å². The second kappa shape index (κ2) is 6.06. The van der Waals surface area contributed by atoms with Gasteiger partial charge in [0.1, 0.15) is 5.75 Å². The Morgan fingerprint density at radius 1 is 1.37 bits per heavy atom. The molecule has 1 aliphatic rings. The third kappa shape index (κ3) is 3.96. The van der Waals surface area contributed by atoms with Gasteiger partial charge >= 0.3 is 5.97 Å². The number of rotatable bonds is 4. The second-order valence-electron chi connectivity index (χ2n) is 5.45. The zero-order valence-electron chi connectivity index (χ0n) is 11.3. The highest BCUT2D eigenvalue weighted by Gasteiger charge is 2.21. The van der Waals surface area contributed by atoms with Gasteiger partial charge in [0.25, 0.3) is 0 Å². The Hall–Kier alpha value is -1.55. The summed E-state index contributed by atoms with van der Waals surface area (Å²) < 4.78 is 0. The van der Waals surface area contributed by atoms with E-state index in [4.69, 9.17) is 5.11 Å². The maximum atomic E-state index is 10.7. The van der Waals surface area contributed by atoms with Crippen molar-refractivity contribution in [2.75, 3.05) is 13.1 Å². The van der Waals surface area contributed by atoms with Gasteiger partial charge in [0, 0.05) is 18.5 Å². The molecule has 1 fully saturated rings. The monoisotopic (exact) mass is 263 g/mol. The van der Waals surface area contributed by atoms with Crippen molar-refractivity contribution >= 4 is 5.97 Å². The van der Waals surface area contributed by atoms with Crippen molar-refractivity contribution in [1.82, 2.24) is 4.90 Å². The molecule has 0 spiro atoms. The number of likely N-dealkylation sites (tertiary alicyclic amines) is 1. The summed E-state index contributed by atoms with van der Waals surface area (Å²) >= 11 is 0. The molecule has 4 heteroatoms. The van der Waals surface area contributed by atoms with E-state index in [-0.39, 0.29) is 6.42 Å². The number of carbonyl (C=O) groups is 1. The van der Waals surface area contributed by atoms with E-state index in [1.165, 1.54) is 0 Å². The zero-order valence-corrected chi connectivity index (χ0v) is 11.3. The Morgan fingerprint density at radius 3 is 2.68 bits per heavy atom. The van der Waals surface area contributed by atoms with Gasteiger partial charge in [-0.25, -0.2) is 0 Å². The molecule has 0 radical (unpaired) electrons. The predicted octanol–water partition coefficient (Wildman–Crippen LogP) is 2.39. The average molecular weight is 263 g/mol. The average Bonchev–Trinajstić information content (AvgIpc) is 2.35. The van der Waals surface area contributed by atoms with Crippen LogP contribution in [0.4, 0.5) is 0 Å². The highest BCUT2D eigenvalue weighted by Crippen LogP contribution is 2.25. The van der Waals surface area contributed by atoms with Crippen LogP contribution in [-0.2, 0) is 11.3 Å². The second-order valence-corrected chi connectivity index (χ2v) is 5.45. The first-order valence-corrected chi connectivity index (χ1v) is 6.77. The maximum Gasteiger partial charge on any atom is 0.303 e. The molecule has 1 saturated heterocycles. The van der Waals surface area contributed by atoms with Gasteiger partial charge in [-0.05, 0) is 44.8 Å². The lowest BCUT2D eigenvalue weighted by atomic mass is 9.93. The molecule has 1 aromatic carbocycles. The van der Waals surface area contributed by atoms with Gasteiger partial charge in [-0.1, -0.05) is 17.7 Å². The van der Waals surface area contributed by atoms with E-state index in [0.29, 0.717) is 11.7 Å². The summed E-state index contributed by atoms with van der Waals surface area (Å²) in [6.45, 7) is 4.58.